The summed E-state index contributed by atoms with van der Waals surface area (Å²) in [6.45, 7) is 3.60. The van der Waals surface area contributed by atoms with Gasteiger partial charge in [0.25, 0.3) is 0 Å². The zero-order valence-electron chi connectivity index (χ0n) is 17.1. The molecule has 0 saturated heterocycles. The third-order valence-corrected chi connectivity index (χ3v) is 5.30. The van der Waals surface area contributed by atoms with Crippen molar-refractivity contribution in [3.63, 3.8) is 0 Å². The van der Waals surface area contributed by atoms with Gasteiger partial charge in [-0.15, -0.1) is 0 Å². The Bertz CT molecular complexity index is 376. The first-order valence-corrected chi connectivity index (χ1v) is 10.7. The summed E-state index contributed by atoms with van der Waals surface area (Å²) in [6.07, 6.45) is 17.3. The van der Waals surface area contributed by atoms with Gasteiger partial charge in [-0.05, 0) is 32.3 Å². The summed E-state index contributed by atoms with van der Waals surface area (Å²) in [4.78, 5) is 10.9. The van der Waals surface area contributed by atoms with Gasteiger partial charge in [-0.25, -0.2) is 4.79 Å². The van der Waals surface area contributed by atoms with Gasteiger partial charge in [-0.3, -0.25) is 0 Å². The predicted octanol–water partition coefficient (Wildman–Crippen LogP) is 5.61. The summed E-state index contributed by atoms with van der Waals surface area (Å²) in [5.41, 5.74) is 0.855. The number of aliphatic hydroxyl groups is 2. The van der Waals surface area contributed by atoms with Crippen LogP contribution in [-0.4, -0.2) is 34.0 Å². The molecule has 0 aliphatic carbocycles. The third kappa shape index (κ3) is 14.3. The predicted molar refractivity (Wildman–Crippen MR) is 108 cm³/mol. The molecular formula is C22H42O4. The molecule has 0 heterocycles. The fraction of sp³-hybridized carbons (Fsp3) is 0.864. The van der Waals surface area contributed by atoms with Crippen molar-refractivity contribution in [3.8, 4) is 0 Å². The minimum atomic E-state index is -0.941. The van der Waals surface area contributed by atoms with Crippen molar-refractivity contribution in [1.29, 1.82) is 0 Å². The van der Waals surface area contributed by atoms with Crippen LogP contribution in [0.4, 0.5) is 0 Å². The van der Waals surface area contributed by atoms with E-state index >= 15 is 0 Å². The van der Waals surface area contributed by atoms with E-state index in [1.54, 1.807) is 13.8 Å². The van der Waals surface area contributed by atoms with Crippen LogP contribution in [0.25, 0.3) is 0 Å². The van der Waals surface area contributed by atoms with Crippen molar-refractivity contribution in [2.24, 2.45) is 0 Å². The third-order valence-electron chi connectivity index (χ3n) is 5.30. The fourth-order valence-corrected chi connectivity index (χ4v) is 3.21. The first kappa shape index (κ1) is 25.1. The number of aliphatic carboxylic acids is 1. The summed E-state index contributed by atoms with van der Waals surface area (Å²) < 4.78 is 0. The lowest BCUT2D eigenvalue weighted by atomic mass is 9.99. The van der Waals surface area contributed by atoms with Gasteiger partial charge < -0.3 is 15.3 Å². The molecule has 0 saturated carbocycles. The summed E-state index contributed by atoms with van der Waals surface area (Å²) >= 11 is 0. The Balaban J connectivity index is 3.37. The molecule has 0 spiro atoms. The number of hydrogen-bond donors (Lipinski definition) is 3. The maximum absolute atomic E-state index is 10.9. The second-order valence-corrected chi connectivity index (χ2v) is 7.59. The first-order chi connectivity index (χ1) is 12.5. The van der Waals surface area contributed by atoms with Crippen LogP contribution in [0, 0.1) is 0 Å². The van der Waals surface area contributed by atoms with E-state index < -0.39 is 12.1 Å². The first-order valence-electron chi connectivity index (χ1n) is 10.7. The molecule has 4 heteroatoms. The normalized spacial score (nSPS) is 13.5. The van der Waals surface area contributed by atoms with E-state index in [0.717, 1.165) is 19.3 Å². The Hall–Kier alpha value is -0.870. The maximum atomic E-state index is 10.9. The smallest absolute Gasteiger partial charge is 0.331 e. The number of hydrogen-bond acceptors (Lipinski definition) is 3. The van der Waals surface area contributed by atoms with Crippen LogP contribution >= 0.6 is 0 Å². The highest BCUT2D eigenvalue weighted by molar-refractivity contribution is 5.86. The highest BCUT2D eigenvalue weighted by atomic mass is 16.4. The molecular weight excluding hydrogens is 328 g/mol. The van der Waals surface area contributed by atoms with Crippen LogP contribution in [0.3, 0.4) is 0 Å². The largest absolute Gasteiger partial charge is 0.478 e. The summed E-state index contributed by atoms with van der Waals surface area (Å²) in [5, 5.41) is 27.6. The van der Waals surface area contributed by atoms with Gasteiger partial charge in [0.2, 0.25) is 0 Å². The van der Waals surface area contributed by atoms with Crippen LogP contribution < -0.4 is 0 Å². The van der Waals surface area contributed by atoms with E-state index in [1.165, 1.54) is 70.6 Å². The monoisotopic (exact) mass is 370 g/mol. The van der Waals surface area contributed by atoms with Gasteiger partial charge in [0, 0.05) is 12.2 Å². The molecule has 0 amide bonds. The summed E-state index contributed by atoms with van der Waals surface area (Å²) in [5.74, 6) is -0.941. The van der Waals surface area contributed by atoms with Crippen LogP contribution in [-0.2, 0) is 4.79 Å². The molecule has 0 aromatic carbocycles. The van der Waals surface area contributed by atoms with Gasteiger partial charge in [-0.1, -0.05) is 83.5 Å². The van der Waals surface area contributed by atoms with Crippen molar-refractivity contribution in [1.82, 2.24) is 0 Å². The second kappa shape index (κ2) is 17.5. The number of unbranched alkanes of at least 4 members (excludes halogenated alkanes) is 13. The minimum absolute atomic E-state index is 0.266. The van der Waals surface area contributed by atoms with Crippen LogP contribution in [0.1, 0.15) is 110 Å². The number of carbonyl (C=O) groups is 1. The second-order valence-electron chi connectivity index (χ2n) is 7.59. The Labute approximate surface area is 160 Å². The van der Waals surface area contributed by atoms with Crippen molar-refractivity contribution < 1.29 is 20.1 Å². The molecule has 0 fully saturated rings. The highest BCUT2D eigenvalue weighted by Gasteiger charge is 2.12. The molecule has 1 unspecified atom stereocenters. The molecule has 3 N–H and O–H groups in total. The maximum Gasteiger partial charge on any atom is 0.331 e. The number of carboxylic acid groups (broad SMARTS) is 1. The zero-order valence-corrected chi connectivity index (χ0v) is 17.1. The van der Waals surface area contributed by atoms with E-state index in [1.807, 2.05) is 0 Å². The molecule has 0 rings (SSSR count). The molecule has 1 atom stereocenters. The van der Waals surface area contributed by atoms with Crippen molar-refractivity contribution in [2.75, 3.05) is 6.61 Å². The van der Waals surface area contributed by atoms with Crippen LogP contribution in [0.15, 0.2) is 11.1 Å². The van der Waals surface area contributed by atoms with E-state index in [0.29, 0.717) is 18.6 Å². The quantitative estimate of drug-likeness (QED) is 0.216. The molecule has 0 aliphatic rings. The lowest BCUT2D eigenvalue weighted by Gasteiger charge is -2.12. The van der Waals surface area contributed by atoms with Gasteiger partial charge >= 0.3 is 5.97 Å². The molecule has 0 aromatic rings. The molecule has 4 nitrogen and oxygen atoms in total. The van der Waals surface area contributed by atoms with Crippen LogP contribution in [0.2, 0.25) is 0 Å². The van der Waals surface area contributed by atoms with Gasteiger partial charge in [0.05, 0.1) is 6.10 Å². The zero-order chi connectivity index (χ0) is 19.6. The standard InChI is InChI=1S/C22H42O4/c1-19(20(2)22(25)26)21(24)17-15-13-11-9-7-5-3-4-6-8-10-12-14-16-18-23/h21,23-24H,3-18H2,1-2H3,(H,25,26). The molecule has 26 heavy (non-hydrogen) atoms. The molecule has 0 aliphatic heterocycles. The molecule has 154 valence electrons. The molecule has 0 radical (unpaired) electrons. The van der Waals surface area contributed by atoms with Crippen LogP contribution in [0.5, 0.6) is 0 Å². The topological polar surface area (TPSA) is 77.8 Å². The average Bonchev–Trinajstić information content (AvgIpc) is 2.63. The minimum Gasteiger partial charge on any atom is -0.478 e. The van der Waals surface area contributed by atoms with Gasteiger partial charge in [0.1, 0.15) is 0 Å². The lowest BCUT2D eigenvalue weighted by molar-refractivity contribution is -0.132. The highest BCUT2D eigenvalue weighted by Crippen LogP contribution is 2.17. The fourth-order valence-electron chi connectivity index (χ4n) is 3.21. The number of aliphatic hydroxyl groups excluding tert-OH is 2. The SMILES string of the molecule is CC(C(=O)O)=C(C)C(O)CCCCCCCCCCCCCCCCO. The Morgan fingerprint density at radius 1 is 0.692 bits per heavy atom. The van der Waals surface area contributed by atoms with E-state index in [9.17, 15) is 9.90 Å². The van der Waals surface area contributed by atoms with Crippen molar-refractivity contribution in [2.45, 2.75) is 116 Å². The van der Waals surface area contributed by atoms with Crippen molar-refractivity contribution in [3.05, 3.63) is 11.1 Å². The average molecular weight is 371 g/mol. The van der Waals surface area contributed by atoms with Crippen molar-refractivity contribution >= 4 is 5.97 Å². The number of carboxylic acids is 1. The summed E-state index contributed by atoms with van der Waals surface area (Å²) in [6, 6.07) is 0. The Morgan fingerprint density at radius 3 is 1.38 bits per heavy atom. The van der Waals surface area contributed by atoms with E-state index in [4.69, 9.17) is 10.2 Å². The molecule has 0 bridgehead atoms. The number of rotatable bonds is 18. The lowest BCUT2D eigenvalue weighted by Crippen LogP contribution is -2.13. The summed E-state index contributed by atoms with van der Waals surface area (Å²) in [7, 11) is 0. The van der Waals surface area contributed by atoms with Gasteiger partial charge in [0.15, 0.2) is 0 Å². The Kier molecular flexibility index (Phi) is 17.0. The van der Waals surface area contributed by atoms with E-state index in [-0.39, 0.29) is 5.57 Å². The van der Waals surface area contributed by atoms with Gasteiger partial charge in [-0.2, -0.15) is 0 Å². The Morgan fingerprint density at radius 2 is 1.04 bits per heavy atom. The molecule has 0 aromatic heterocycles. The van der Waals surface area contributed by atoms with E-state index in [2.05, 4.69) is 0 Å².